The number of rotatable bonds is 5. The van der Waals surface area contributed by atoms with E-state index in [9.17, 15) is 4.79 Å². The van der Waals surface area contributed by atoms with Crippen molar-refractivity contribution >= 4 is 6.03 Å². The Hall–Kier alpha value is -2.41. The Bertz CT molecular complexity index is 664. The Labute approximate surface area is 135 Å². The maximum Gasteiger partial charge on any atom is 0.315 e. The van der Waals surface area contributed by atoms with E-state index >= 15 is 0 Å². The Morgan fingerprint density at radius 2 is 2.35 bits per heavy atom. The van der Waals surface area contributed by atoms with Gasteiger partial charge in [0.1, 0.15) is 0 Å². The van der Waals surface area contributed by atoms with Crippen LogP contribution in [0.25, 0.3) is 11.3 Å². The van der Waals surface area contributed by atoms with Crippen molar-refractivity contribution in [1.82, 2.24) is 25.4 Å². The van der Waals surface area contributed by atoms with Crippen LogP contribution in [0.15, 0.2) is 30.7 Å². The monoisotopic (exact) mass is 315 g/mol. The fourth-order valence-corrected chi connectivity index (χ4v) is 2.64. The van der Waals surface area contributed by atoms with Crippen molar-refractivity contribution in [2.75, 3.05) is 13.2 Å². The molecule has 1 fully saturated rings. The quantitative estimate of drug-likeness (QED) is 0.875. The van der Waals surface area contributed by atoms with Crippen LogP contribution in [0.4, 0.5) is 4.79 Å². The number of pyridine rings is 1. The van der Waals surface area contributed by atoms with Gasteiger partial charge in [-0.15, -0.1) is 0 Å². The van der Waals surface area contributed by atoms with Gasteiger partial charge >= 0.3 is 6.03 Å². The van der Waals surface area contributed by atoms with E-state index in [0.29, 0.717) is 13.1 Å². The lowest BCUT2D eigenvalue weighted by molar-refractivity contribution is 0.111. The number of hydrogen-bond donors (Lipinski definition) is 2. The molecule has 1 unspecified atom stereocenters. The van der Waals surface area contributed by atoms with Crippen molar-refractivity contribution < 1.29 is 9.53 Å². The smallest absolute Gasteiger partial charge is 0.315 e. The molecule has 0 aliphatic carbocycles. The lowest BCUT2D eigenvalue weighted by Crippen LogP contribution is -2.39. The average Bonchev–Trinajstić information content (AvgIpc) is 3.22. The molecule has 1 aliphatic heterocycles. The SMILES string of the molecule is Cn1nccc1-c1cncc(CNC(=O)NCC2CCCO2)c1. The Morgan fingerprint density at radius 3 is 3.09 bits per heavy atom. The summed E-state index contributed by atoms with van der Waals surface area (Å²) < 4.78 is 7.27. The molecule has 1 atom stereocenters. The molecule has 2 amide bonds. The molecule has 2 aromatic heterocycles. The van der Waals surface area contributed by atoms with E-state index in [4.69, 9.17) is 4.74 Å². The highest BCUT2D eigenvalue weighted by molar-refractivity contribution is 5.73. The van der Waals surface area contributed by atoms with Crippen LogP contribution in [-0.4, -0.2) is 40.1 Å². The van der Waals surface area contributed by atoms with Crippen LogP contribution < -0.4 is 10.6 Å². The lowest BCUT2D eigenvalue weighted by Gasteiger charge is -2.12. The number of carbonyl (C=O) groups is 1. The van der Waals surface area contributed by atoms with Crippen molar-refractivity contribution in [1.29, 1.82) is 0 Å². The third-order valence-electron chi connectivity index (χ3n) is 3.88. The Morgan fingerprint density at radius 1 is 1.43 bits per heavy atom. The molecule has 2 aromatic rings. The van der Waals surface area contributed by atoms with Crippen molar-refractivity contribution in [2.24, 2.45) is 7.05 Å². The highest BCUT2D eigenvalue weighted by atomic mass is 16.5. The van der Waals surface area contributed by atoms with Gasteiger partial charge in [-0.05, 0) is 30.5 Å². The molecule has 122 valence electrons. The van der Waals surface area contributed by atoms with Gasteiger partial charge in [0.2, 0.25) is 0 Å². The molecule has 0 saturated carbocycles. The summed E-state index contributed by atoms with van der Waals surface area (Å²) in [6.07, 6.45) is 7.52. The van der Waals surface area contributed by atoms with Crippen molar-refractivity contribution in [3.63, 3.8) is 0 Å². The van der Waals surface area contributed by atoms with Crippen LogP contribution in [-0.2, 0) is 18.3 Å². The zero-order valence-corrected chi connectivity index (χ0v) is 13.2. The zero-order valence-electron chi connectivity index (χ0n) is 13.2. The predicted octanol–water partition coefficient (Wildman–Crippen LogP) is 1.46. The molecule has 0 radical (unpaired) electrons. The molecule has 0 bridgehead atoms. The van der Waals surface area contributed by atoms with E-state index in [0.717, 1.165) is 36.3 Å². The van der Waals surface area contributed by atoms with Gasteiger partial charge in [0.25, 0.3) is 0 Å². The summed E-state index contributed by atoms with van der Waals surface area (Å²) in [4.78, 5) is 16.1. The number of aromatic nitrogens is 3. The summed E-state index contributed by atoms with van der Waals surface area (Å²) in [6.45, 7) is 1.77. The highest BCUT2D eigenvalue weighted by Gasteiger charge is 2.15. The van der Waals surface area contributed by atoms with Crippen LogP contribution in [0.5, 0.6) is 0 Å². The van der Waals surface area contributed by atoms with E-state index in [-0.39, 0.29) is 12.1 Å². The molecule has 7 heteroatoms. The summed E-state index contributed by atoms with van der Waals surface area (Å²) in [5.74, 6) is 0. The minimum Gasteiger partial charge on any atom is -0.376 e. The van der Waals surface area contributed by atoms with Crippen molar-refractivity contribution in [2.45, 2.75) is 25.5 Å². The minimum absolute atomic E-state index is 0.149. The van der Waals surface area contributed by atoms with Gasteiger partial charge in [-0.2, -0.15) is 5.10 Å². The number of aryl methyl sites for hydroxylation is 1. The molecule has 1 aliphatic rings. The van der Waals surface area contributed by atoms with E-state index in [2.05, 4.69) is 20.7 Å². The number of urea groups is 1. The molecule has 3 rings (SSSR count). The first-order valence-electron chi connectivity index (χ1n) is 7.78. The van der Waals surface area contributed by atoms with Gasteiger partial charge in [0.05, 0.1) is 11.8 Å². The molecule has 3 heterocycles. The fourth-order valence-electron chi connectivity index (χ4n) is 2.64. The van der Waals surface area contributed by atoms with Crippen molar-refractivity contribution in [3.05, 3.63) is 36.3 Å². The van der Waals surface area contributed by atoms with Gasteiger partial charge in [-0.3, -0.25) is 9.67 Å². The van der Waals surface area contributed by atoms with Crippen LogP contribution in [0.2, 0.25) is 0 Å². The lowest BCUT2D eigenvalue weighted by atomic mass is 10.1. The molecule has 2 N–H and O–H groups in total. The Kier molecular flexibility index (Phi) is 4.87. The average molecular weight is 315 g/mol. The molecule has 1 saturated heterocycles. The summed E-state index contributed by atoms with van der Waals surface area (Å²) in [7, 11) is 1.89. The number of hydrogen-bond acceptors (Lipinski definition) is 4. The van der Waals surface area contributed by atoms with Gasteiger partial charge in [0.15, 0.2) is 0 Å². The second-order valence-electron chi connectivity index (χ2n) is 5.62. The first kappa shape index (κ1) is 15.5. The summed E-state index contributed by atoms with van der Waals surface area (Å²) in [6, 6.07) is 3.75. The fraction of sp³-hybridized carbons (Fsp3) is 0.438. The summed E-state index contributed by atoms with van der Waals surface area (Å²) in [5.41, 5.74) is 2.90. The molecule has 23 heavy (non-hydrogen) atoms. The zero-order chi connectivity index (χ0) is 16.1. The van der Waals surface area contributed by atoms with Gasteiger partial charge in [-0.1, -0.05) is 0 Å². The van der Waals surface area contributed by atoms with Crippen molar-refractivity contribution in [3.8, 4) is 11.3 Å². The number of nitrogens with one attached hydrogen (secondary N) is 2. The van der Waals surface area contributed by atoms with Gasteiger partial charge < -0.3 is 15.4 Å². The second-order valence-corrected chi connectivity index (χ2v) is 5.62. The number of nitrogens with zero attached hydrogens (tertiary/aromatic N) is 3. The summed E-state index contributed by atoms with van der Waals surface area (Å²) in [5, 5.41) is 9.83. The predicted molar refractivity (Wildman–Crippen MR) is 85.7 cm³/mol. The van der Waals surface area contributed by atoms with Crippen LogP contribution in [0.1, 0.15) is 18.4 Å². The molecular weight excluding hydrogens is 294 g/mol. The van der Waals surface area contributed by atoms with Crippen LogP contribution in [0, 0.1) is 0 Å². The Balaban J connectivity index is 1.52. The summed E-state index contributed by atoms with van der Waals surface area (Å²) >= 11 is 0. The normalized spacial score (nSPS) is 17.2. The first-order valence-corrected chi connectivity index (χ1v) is 7.78. The van der Waals surface area contributed by atoms with E-state index in [1.165, 1.54) is 0 Å². The number of amides is 2. The number of carbonyl (C=O) groups excluding carboxylic acids is 1. The van der Waals surface area contributed by atoms with Crippen LogP contribution in [0.3, 0.4) is 0 Å². The van der Waals surface area contributed by atoms with E-state index < -0.39 is 0 Å². The maximum absolute atomic E-state index is 11.8. The topological polar surface area (TPSA) is 81.1 Å². The third-order valence-corrected chi connectivity index (χ3v) is 3.88. The minimum atomic E-state index is -0.188. The second kappa shape index (κ2) is 7.23. The van der Waals surface area contributed by atoms with Gasteiger partial charge in [0, 0.05) is 50.9 Å². The standard InChI is InChI=1S/C16H21N5O2/c1-21-15(4-5-20-21)13-7-12(8-17-10-13)9-18-16(22)19-11-14-3-2-6-23-14/h4-5,7-8,10,14H,2-3,6,9,11H2,1H3,(H2,18,19,22). The maximum atomic E-state index is 11.8. The molecule has 0 spiro atoms. The highest BCUT2D eigenvalue weighted by Crippen LogP contribution is 2.18. The molecule has 0 aromatic carbocycles. The van der Waals surface area contributed by atoms with E-state index in [1.807, 2.05) is 19.2 Å². The van der Waals surface area contributed by atoms with E-state index in [1.54, 1.807) is 23.3 Å². The third kappa shape index (κ3) is 4.07. The van der Waals surface area contributed by atoms with Gasteiger partial charge in [-0.25, -0.2) is 4.79 Å². The first-order chi connectivity index (χ1) is 11.2. The van der Waals surface area contributed by atoms with Crippen LogP contribution >= 0.6 is 0 Å². The largest absolute Gasteiger partial charge is 0.376 e. The molecule has 7 nitrogen and oxygen atoms in total. The number of ether oxygens (including phenoxy) is 1. The molecular formula is C16H21N5O2.